The summed E-state index contributed by atoms with van der Waals surface area (Å²) >= 11 is 0. The second-order valence-corrected chi connectivity index (χ2v) is 8.69. The molecule has 1 saturated heterocycles. The Morgan fingerprint density at radius 2 is 1.65 bits per heavy atom. The van der Waals surface area contributed by atoms with Crippen LogP contribution in [0.4, 0.5) is 5.69 Å². The summed E-state index contributed by atoms with van der Waals surface area (Å²) in [5.41, 5.74) is 3.32. The maximum absolute atomic E-state index is 12.7. The Morgan fingerprint density at radius 3 is 2.29 bits per heavy atom. The fourth-order valence-electron chi connectivity index (χ4n) is 4.12. The van der Waals surface area contributed by atoms with Gasteiger partial charge in [0.05, 0.1) is 7.11 Å². The highest BCUT2D eigenvalue weighted by atomic mass is 16.5. The van der Waals surface area contributed by atoms with Gasteiger partial charge in [-0.1, -0.05) is 32.0 Å². The molecule has 2 aromatic rings. The molecule has 168 valence electrons. The Balaban J connectivity index is 1.39. The smallest absolute Gasteiger partial charge is 0.279 e. The molecule has 0 aliphatic carbocycles. The lowest BCUT2D eigenvalue weighted by molar-refractivity contribution is -1.01. The SMILES string of the molecule is COc1ccc(OCC[NH+]2CC[NH+](CC(=O)Nc3c(C)cccc3C(C)C)CC2)cc1. The van der Waals surface area contributed by atoms with Gasteiger partial charge in [-0.2, -0.15) is 0 Å². The predicted molar refractivity (Wildman–Crippen MR) is 124 cm³/mol. The Labute approximate surface area is 186 Å². The largest absolute Gasteiger partial charge is 0.497 e. The summed E-state index contributed by atoms with van der Waals surface area (Å²) in [6, 6.07) is 13.9. The Kier molecular flexibility index (Phi) is 8.32. The highest BCUT2D eigenvalue weighted by molar-refractivity contribution is 5.93. The van der Waals surface area contributed by atoms with Crippen LogP contribution in [0.2, 0.25) is 0 Å². The first kappa shape index (κ1) is 23.1. The van der Waals surface area contributed by atoms with Crippen molar-refractivity contribution in [3.63, 3.8) is 0 Å². The number of rotatable bonds is 9. The van der Waals surface area contributed by atoms with Crippen molar-refractivity contribution in [3.8, 4) is 11.5 Å². The van der Waals surface area contributed by atoms with Gasteiger partial charge in [-0.25, -0.2) is 0 Å². The molecule has 3 N–H and O–H groups in total. The zero-order valence-electron chi connectivity index (χ0n) is 19.3. The average molecular weight is 428 g/mol. The summed E-state index contributed by atoms with van der Waals surface area (Å²) in [4.78, 5) is 15.6. The fourth-order valence-corrected chi connectivity index (χ4v) is 4.12. The van der Waals surface area contributed by atoms with E-state index in [9.17, 15) is 4.79 Å². The average Bonchev–Trinajstić information content (AvgIpc) is 2.76. The third-order valence-corrected chi connectivity index (χ3v) is 6.05. The lowest BCUT2D eigenvalue weighted by atomic mass is 9.98. The number of benzene rings is 2. The molecule has 6 nitrogen and oxygen atoms in total. The molecule has 1 fully saturated rings. The number of carbonyl (C=O) groups is 1. The van der Waals surface area contributed by atoms with Crippen molar-refractivity contribution in [2.24, 2.45) is 0 Å². The van der Waals surface area contributed by atoms with E-state index in [-0.39, 0.29) is 5.91 Å². The molecule has 0 bridgehead atoms. The molecule has 0 atom stereocenters. The molecule has 6 heteroatoms. The molecule has 0 radical (unpaired) electrons. The molecule has 2 aromatic carbocycles. The van der Waals surface area contributed by atoms with Gasteiger partial charge in [-0.05, 0) is 48.2 Å². The van der Waals surface area contributed by atoms with E-state index in [1.54, 1.807) is 12.0 Å². The highest BCUT2D eigenvalue weighted by Crippen LogP contribution is 2.27. The number of ether oxygens (including phenoxy) is 2. The second kappa shape index (κ2) is 11.2. The zero-order chi connectivity index (χ0) is 22.2. The van der Waals surface area contributed by atoms with E-state index in [2.05, 4.69) is 44.3 Å². The number of quaternary nitrogens is 2. The maximum atomic E-state index is 12.7. The summed E-state index contributed by atoms with van der Waals surface area (Å²) in [7, 11) is 1.66. The quantitative estimate of drug-likeness (QED) is 0.558. The van der Waals surface area contributed by atoms with Gasteiger partial charge >= 0.3 is 0 Å². The van der Waals surface area contributed by atoms with Crippen molar-refractivity contribution >= 4 is 11.6 Å². The predicted octanol–water partition coefficient (Wildman–Crippen LogP) is 0.928. The molecule has 0 saturated carbocycles. The summed E-state index contributed by atoms with van der Waals surface area (Å²) in [5, 5.41) is 3.18. The van der Waals surface area contributed by atoms with Crippen molar-refractivity contribution in [1.29, 1.82) is 0 Å². The molecular formula is C25H37N3O3+2. The van der Waals surface area contributed by atoms with E-state index in [0.717, 1.165) is 55.5 Å². The molecule has 31 heavy (non-hydrogen) atoms. The molecule has 3 rings (SSSR count). The van der Waals surface area contributed by atoms with Crippen LogP contribution in [-0.4, -0.2) is 58.9 Å². The zero-order valence-corrected chi connectivity index (χ0v) is 19.3. The minimum atomic E-state index is 0.109. The van der Waals surface area contributed by atoms with Gasteiger partial charge in [-0.3, -0.25) is 4.79 Å². The van der Waals surface area contributed by atoms with Gasteiger partial charge in [-0.15, -0.1) is 0 Å². The van der Waals surface area contributed by atoms with Crippen molar-refractivity contribution in [2.75, 3.05) is 58.3 Å². The van der Waals surface area contributed by atoms with Crippen LogP contribution in [0.25, 0.3) is 0 Å². The number of aryl methyl sites for hydroxylation is 1. The maximum Gasteiger partial charge on any atom is 0.279 e. The molecule has 0 aromatic heterocycles. The number of methoxy groups -OCH3 is 1. The number of hydrogen-bond acceptors (Lipinski definition) is 3. The van der Waals surface area contributed by atoms with Gasteiger partial charge in [0.15, 0.2) is 6.54 Å². The van der Waals surface area contributed by atoms with Crippen LogP contribution in [0.15, 0.2) is 42.5 Å². The first-order chi connectivity index (χ1) is 15.0. The topological polar surface area (TPSA) is 56.4 Å². The van der Waals surface area contributed by atoms with Gasteiger partial charge < -0.3 is 24.6 Å². The number of nitrogens with one attached hydrogen (secondary N) is 3. The second-order valence-electron chi connectivity index (χ2n) is 8.69. The van der Waals surface area contributed by atoms with E-state index in [0.29, 0.717) is 19.1 Å². The first-order valence-electron chi connectivity index (χ1n) is 11.3. The highest BCUT2D eigenvalue weighted by Gasteiger charge is 2.25. The third-order valence-electron chi connectivity index (χ3n) is 6.05. The lowest BCUT2D eigenvalue weighted by Crippen LogP contribution is -3.28. The molecule has 0 spiro atoms. The van der Waals surface area contributed by atoms with Crippen LogP contribution in [0, 0.1) is 6.92 Å². The Bertz CT molecular complexity index is 844. The fraction of sp³-hybridized carbons (Fsp3) is 0.480. The molecule has 1 amide bonds. The van der Waals surface area contributed by atoms with Crippen LogP contribution >= 0.6 is 0 Å². The van der Waals surface area contributed by atoms with Crippen molar-refractivity contribution in [1.82, 2.24) is 0 Å². The van der Waals surface area contributed by atoms with Gasteiger partial charge in [0, 0.05) is 5.69 Å². The van der Waals surface area contributed by atoms with E-state index in [1.807, 2.05) is 24.3 Å². The van der Waals surface area contributed by atoms with E-state index >= 15 is 0 Å². The third kappa shape index (κ3) is 6.71. The Morgan fingerprint density at radius 1 is 1.00 bits per heavy atom. The van der Waals surface area contributed by atoms with Gasteiger partial charge in [0.25, 0.3) is 5.91 Å². The summed E-state index contributed by atoms with van der Waals surface area (Å²) in [5.74, 6) is 2.20. The Hall–Kier alpha value is -2.57. The standard InChI is InChI=1S/C25H35N3O3/c1-19(2)23-7-5-6-20(3)25(23)26-24(29)18-28-14-12-27(13-15-28)16-17-31-22-10-8-21(30-4)9-11-22/h5-11,19H,12-18H2,1-4H3,(H,26,29)/p+2. The van der Waals surface area contributed by atoms with Crippen molar-refractivity contribution < 1.29 is 24.1 Å². The van der Waals surface area contributed by atoms with Crippen LogP contribution in [0.5, 0.6) is 11.5 Å². The number of hydrogen-bond donors (Lipinski definition) is 3. The number of piperazine rings is 1. The number of para-hydroxylation sites is 1. The first-order valence-corrected chi connectivity index (χ1v) is 11.3. The molecular weight excluding hydrogens is 390 g/mol. The number of carbonyl (C=O) groups excluding carboxylic acids is 1. The monoisotopic (exact) mass is 427 g/mol. The molecule has 1 aliphatic rings. The summed E-state index contributed by atoms with van der Waals surface area (Å²) in [6.45, 7) is 12.7. The van der Waals surface area contributed by atoms with Crippen LogP contribution in [0.3, 0.4) is 0 Å². The van der Waals surface area contributed by atoms with Gasteiger partial charge in [0.1, 0.15) is 50.8 Å². The van der Waals surface area contributed by atoms with E-state index in [4.69, 9.17) is 9.47 Å². The van der Waals surface area contributed by atoms with Crippen LogP contribution in [-0.2, 0) is 4.79 Å². The minimum Gasteiger partial charge on any atom is -0.497 e. The molecule has 1 aliphatic heterocycles. The van der Waals surface area contributed by atoms with Crippen LogP contribution in [0.1, 0.15) is 30.9 Å². The van der Waals surface area contributed by atoms with E-state index in [1.165, 1.54) is 10.5 Å². The molecule has 1 heterocycles. The normalized spacial score (nSPS) is 18.6. The van der Waals surface area contributed by atoms with Crippen LogP contribution < -0.4 is 24.6 Å². The summed E-state index contributed by atoms with van der Waals surface area (Å²) < 4.78 is 11.0. The van der Waals surface area contributed by atoms with Crippen molar-refractivity contribution in [3.05, 3.63) is 53.6 Å². The number of anilines is 1. The van der Waals surface area contributed by atoms with Crippen molar-refractivity contribution in [2.45, 2.75) is 26.7 Å². The molecule has 0 unspecified atom stereocenters. The number of amides is 1. The van der Waals surface area contributed by atoms with Gasteiger partial charge in [0.2, 0.25) is 0 Å². The van der Waals surface area contributed by atoms with E-state index < -0.39 is 0 Å². The summed E-state index contributed by atoms with van der Waals surface area (Å²) in [6.07, 6.45) is 0. The lowest BCUT2D eigenvalue weighted by Gasteiger charge is -2.29. The minimum absolute atomic E-state index is 0.109.